The molecule has 0 fully saturated rings. The number of nitro groups is 1. The molecule has 0 atom stereocenters. The predicted octanol–water partition coefficient (Wildman–Crippen LogP) is 3.59. The van der Waals surface area contributed by atoms with E-state index in [1.165, 1.54) is 29.0 Å². The van der Waals surface area contributed by atoms with Crippen LogP contribution in [0, 0.1) is 10.1 Å². The lowest BCUT2D eigenvalue weighted by atomic mass is 10.2. The first-order valence-corrected chi connectivity index (χ1v) is 11.1. The maximum atomic E-state index is 13.1. The van der Waals surface area contributed by atoms with Gasteiger partial charge in [-0.1, -0.05) is 41.6 Å². The van der Waals surface area contributed by atoms with Crippen molar-refractivity contribution in [1.29, 1.82) is 0 Å². The van der Waals surface area contributed by atoms with Gasteiger partial charge in [0.25, 0.3) is 11.2 Å². The second kappa shape index (κ2) is 9.84. The number of rotatable bonds is 8. The molecule has 0 saturated heterocycles. The maximum absolute atomic E-state index is 13.1. The molecule has 0 spiro atoms. The van der Waals surface area contributed by atoms with Crippen molar-refractivity contribution in [3.8, 4) is 0 Å². The van der Waals surface area contributed by atoms with Gasteiger partial charge < -0.3 is 5.32 Å². The minimum Gasteiger partial charge on any atom is -0.325 e. The highest BCUT2D eigenvalue weighted by molar-refractivity contribution is 7.99. The lowest BCUT2D eigenvalue weighted by Crippen LogP contribution is -2.26. The summed E-state index contributed by atoms with van der Waals surface area (Å²) in [7, 11) is 0. The summed E-state index contributed by atoms with van der Waals surface area (Å²) in [6.07, 6.45) is 3.16. The number of hydrogen-bond donors (Lipinski definition) is 1. The van der Waals surface area contributed by atoms with Gasteiger partial charge in [0.1, 0.15) is 0 Å². The fourth-order valence-electron chi connectivity index (χ4n) is 3.14. The molecule has 2 heterocycles. The van der Waals surface area contributed by atoms with Gasteiger partial charge in [-0.05, 0) is 18.2 Å². The number of para-hydroxylation sites is 1. The first-order valence-electron chi connectivity index (χ1n) is 9.75. The highest BCUT2D eigenvalue weighted by Gasteiger charge is 2.14. The van der Waals surface area contributed by atoms with Gasteiger partial charge in [0.05, 0.1) is 39.3 Å². The molecule has 0 aliphatic rings. The van der Waals surface area contributed by atoms with Crippen LogP contribution < -0.4 is 10.9 Å². The number of halogens is 1. The number of nitrogens with zero attached hydrogens (tertiary/aromatic N) is 5. The van der Waals surface area contributed by atoms with E-state index in [1.807, 2.05) is 0 Å². The Morgan fingerprint density at radius 1 is 1.18 bits per heavy atom. The van der Waals surface area contributed by atoms with Crippen molar-refractivity contribution in [3.63, 3.8) is 0 Å². The third-order valence-corrected chi connectivity index (χ3v) is 5.83. The molecule has 2 aromatic carbocycles. The van der Waals surface area contributed by atoms with Crippen molar-refractivity contribution in [2.24, 2.45) is 0 Å². The molecule has 2 aromatic heterocycles. The number of hydrogen-bond acceptors (Lipinski definition) is 7. The summed E-state index contributed by atoms with van der Waals surface area (Å²) in [4.78, 5) is 40.5. The SMILES string of the molecule is O=C(CSc1nc2ccccc2c(=O)n1CCn1cc(Cl)cn1)Nc1cccc([N+](=O)[O-])c1. The van der Waals surface area contributed by atoms with E-state index in [-0.39, 0.29) is 29.5 Å². The average Bonchev–Trinajstić information content (AvgIpc) is 3.22. The van der Waals surface area contributed by atoms with E-state index < -0.39 is 4.92 Å². The molecule has 4 aromatic rings. The first-order chi connectivity index (χ1) is 15.9. The summed E-state index contributed by atoms with van der Waals surface area (Å²) in [5, 5.41) is 19.0. The Balaban J connectivity index is 1.54. The average molecular weight is 485 g/mol. The van der Waals surface area contributed by atoms with Crippen LogP contribution in [-0.2, 0) is 17.9 Å². The van der Waals surface area contributed by atoms with Gasteiger partial charge >= 0.3 is 0 Å². The van der Waals surface area contributed by atoms with Gasteiger partial charge in [0, 0.05) is 30.6 Å². The Bertz CT molecular complexity index is 1400. The molecular formula is C21H17ClN6O4S. The minimum atomic E-state index is -0.533. The molecule has 0 radical (unpaired) electrons. The van der Waals surface area contributed by atoms with Crippen LogP contribution >= 0.6 is 23.4 Å². The molecule has 168 valence electrons. The minimum absolute atomic E-state index is 0.0406. The van der Waals surface area contributed by atoms with Crippen molar-refractivity contribution in [1.82, 2.24) is 19.3 Å². The number of aromatic nitrogens is 4. The maximum Gasteiger partial charge on any atom is 0.271 e. The first kappa shape index (κ1) is 22.5. The molecule has 0 bridgehead atoms. The molecule has 1 N–H and O–H groups in total. The van der Waals surface area contributed by atoms with Crippen LogP contribution in [0.2, 0.25) is 5.02 Å². The number of aryl methyl sites for hydroxylation is 1. The lowest BCUT2D eigenvalue weighted by Gasteiger charge is -2.13. The Morgan fingerprint density at radius 2 is 2.00 bits per heavy atom. The van der Waals surface area contributed by atoms with E-state index in [0.29, 0.717) is 33.3 Å². The topological polar surface area (TPSA) is 125 Å². The van der Waals surface area contributed by atoms with E-state index in [4.69, 9.17) is 11.6 Å². The normalized spacial score (nSPS) is 10.9. The summed E-state index contributed by atoms with van der Waals surface area (Å²) >= 11 is 7.02. The van der Waals surface area contributed by atoms with Gasteiger partial charge in [-0.25, -0.2) is 4.98 Å². The quantitative estimate of drug-likeness (QED) is 0.175. The van der Waals surface area contributed by atoms with Gasteiger partial charge in [-0.2, -0.15) is 5.10 Å². The van der Waals surface area contributed by atoms with E-state index >= 15 is 0 Å². The molecule has 0 aliphatic carbocycles. The van der Waals surface area contributed by atoms with Crippen LogP contribution in [0.5, 0.6) is 0 Å². The molecule has 4 rings (SSSR count). The van der Waals surface area contributed by atoms with Crippen molar-refractivity contribution >= 4 is 51.5 Å². The Kier molecular flexibility index (Phi) is 6.71. The van der Waals surface area contributed by atoms with Gasteiger partial charge in [0.2, 0.25) is 5.91 Å². The fourth-order valence-corrected chi connectivity index (χ4v) is 4.12. The second-order valence-corrected chi connectivity index (χ2v) is 8.31. The number of anilines is 1. The standard InChI is InChI=1S/C21H17ClN6O4S/c22-14-11-23-26(12-14)8-9-27-20(30)17-6-1-2-7-18(17)25-21(27)33-13-19(29)24-15-4-3-5-16(10-15)28(31)32/h1-7,10-12H,8-9,13H2,(H,24,29). The monoisotopic (exact) mass is 484 g/mol. The molecule has 10 nitrogen and oxygen atoms in total. The number of nitro benzene ring substituents is 1. The number of carbonyl (C=O) groups is 1. The van der Waals surface area contributed by atoms with Gasteiger partial charge in [0.15, 0.2) is 5.16 Å². The molecule has 12 heteroatoms. The van der Waals surface area contributed by atoms with Crippen LogP contribution in [-0.4, -0.2) is 35.9 Å². The highest BCUT2D eigenvalue weighted by atomic mass is 35.5. The third-order valence-electron chi connectivity index (χ3n) is 4.65. The third kappa shape index (κ3) is 5.38. The Morgan fingerprint density at radius 3 is 2.76 bits per heavy atom. The Labute approximate surface area is 196 Å². The van der Waals surface area contributed by atoms with Crippen LogP contribution in [0.3, 0.4) is 0 Å². The largest absolute Gasteiger partial charge is 0.325 e. The van der Waals surface area contributed by atoms with Gasteiger partial charge in [-0.3, -0.25) is 29.0 Å². The predicted molar refractivity (Wildman–Crippen MR) is 126 cm³/mol. The molecule has 0 unspecified atom stereocenters. The number of carbonyl (C=O) groups excluding carboxylic acids is 1. The highest BCUT2D eigenvalue weighted by Crippen LogP contribution is 2.20. The van der Waals surface area contributed by atoms with Crippen molar-refractivity contribution < 1.29 is 9.72 Å². The molecule has 0 aliphatic heterocycles. The molecule has 0 saturated carbocycles. The van der Waals surface area contributed by atoms with Crippen molar-refractivity contribution in [3.05, 3.63) is 86.4 Å². The van der Waals surface area contributed by atoms with Crippen LogP contribution in [0.25, 0.3) is 10.9 Å². The zero-order valence-corrected chi connectivity index (χ0v) is 18.6. The van der Waals surface area contributed by atoms with E-state index in [9.17, 15) is 19.7 Å². The molecule has 33 heavy (non-hydrogen) atoms. The molecule has 1 amide bonds. The lowest BCUT2D eigenvalue weighted by molar-refractivity contribution is -0.384. The summed E-state index contributed by atoms with van der Waals surface area (Å²) in [5.41, 5.74) is 0.501. The number of thioether (sulfide) groups is 1. The van der Waals surface area contributed by atoms with E-state index in [2.05, 4.69) is 15.4 Å². The summed E-state index contributed by atoms with van der Waals surface area (Å²) < 4.78 is 3.12. The molecular weight excluding hydrogens is 468 g/mol. The smallest absolute Gasteiger partial charge is 0.271 e. The summed E-state index contributed by atoms with van der Waals surface area (Å²) in [5.74, 6) is -0.422. The van der Waals surface area contributed by atoms with E-state index in [1.54, 1.807) is 41.2 Å². The zero-order valence-electron chi connectivity index (χ0n) is 17.1. The number of benzene rings is 2. The van der Waals surface area contributed by atoms with E-state index in [0.717, 1.165) is 11.8 Å². The fraction of sp³-hybridized carbons (Fsp3) is 0.143. The van der Waals surface area contributed by atoms with Gasteiger partial charge in [-0.15, -0.1) is 0 Å². The number of amides is 1. The van der Waals surface area contributed by atoms with Crippen LogP contribution in [0.1, 0.15) is 0 Å². The number of fused-ring (bicyclic) bond motifs is 1. The second-order valence-electron chi connectivity index (χ2n) is 6.93. The summed E-state index contributed by atoms with van der Waals surface area (Å²) in [6.45, 7) is 0.670. The van der Waals surface area contributed by atoms with Crippen LogP contribution in [0.15, 0.2) is 70.9 Å². The zero-order chi connectivity index (χ0) is 23.4. The number of nitrogens with one attached hydrogen (secondary N) is 1. The van der Waals surface area contributed by atoms with Crippen LogP contribution in [0.4, 0.5) is 11.4 Å². The summed E-state index contributed by atoms with van der Waals surface area (Å²) in [6, 6.07) is 12.7. The number of non-ortho nitro benzene ring substituents is 1. The van der Waals surface area contributed by atoms with Crippen molar-refractivity contribution in [2.45, 2.75) is 18.2 Å². The Hall–Kier alpha value is -3.70. The van der Waals surface area contributed by atoms with Crippen molar-refractivity contribution in [2.75, 3.05) is 11.1 Å².